The van der Waals surface area contributed by atoms with Gasteiger partial charge in [0.2, 0.25) is 0 Å². The van der Waals surface area contributed by atoms with Gasteiger partial charge in [0.25, 0.3) is 0 Å². The molecule has 5 nitrogen and oxygen atoms in total. The molecule has 0 aliphatic heterocycles. The summed E-state index contributed by atoms with van der Waals surface area (Å²) in [5, 5.41) is 12.6. The van der Waals surface area contributed by atoms with Crippen molar-refractivity contribution in [2.75, 3.05) is 6.26 Å². The van der Waals surface area contributed by atoms with Gasteiger partial charge in [0.1, 0.15) is 0 Å². The number of nitrogens with two attached hydrogens (primary N) is 1. The number of tetrazole rings is 1. The molecule has 2 N–H and O–H groups in total. The minimum Gasteiger partial charge on any atom is -0.322 e. The summed E-state index contributed by atoms with van der Waals surface area (Å²) >= 11 is 1.97. The van der Waals surface area contributed by atoms with Crippen molar-refractivity contribution in [3.05, 3.63) is 5.82 Å². The second-order valence-electron chi connectivity index (χ2n) is 4.44. The van der Waals surface area contributed by atoms with Gasteiger partial charge in [-0.15, -0.1) is 5.10 Å². The zero-order valence-corrected chi connectivity index (χ0v) is 10.7. The van der Waals surface area contributed by atoms with Crippen molar-refractivity contribution in [1.29, 1.82) is 0 Å². The van der Waals surface area contributed by atoms with Crippen molar-refractivity contribution in [2.45, 2.75) is 49.9 Å². The number of hydrogen-bond donors (Lipinski definition) is 1. The normalized spacial score (nSPS) is 27.9. The van der Waals surface area contributed by atoms with E-state index in [-0.39, 0.29) is 6.04 Å². The van der Waals surface area contributed by atoms with Crippen LogP contribution in [0.3, 0.4) is 0 Å². The Hall–Kier alpha value is -0.620. The van der Waals surface area contributed by atoms with E-state index in [0.717, 1.165) is 23.9 Å². The van der Waals surface area contributed by atoms with Crippen LogP contribution in [0.15, 0.2) is 0 Å². The average Bonchev–Trinajstić information content (AvgIpc) is 2.78. The van der Waals surface area contributed by atoms with Crippen LogP contribution in [0.1, 0.15) is 50.5 Å². The van der Waals surface area contributed by atoms with Crippen LogP contribution in [0, 0.1) is 0 Å². The Balaban J connectivity index is 2.05. The first-order valence-electron chi connectivity index (χ1n) is 5.78. The van der Waals surface area contributed by atoms with E-state index >= 15 is 0 Å². The van der Waals surface area contributed by atoms with Crippen LogP contribution in [-0.2, 0) is 0 Å². The number of hydrogen-bond acceptors (Lipinski definition) is 5. The number of nitrogens with zero attached hydrogens (tertiary/aromatic N) is 4. The summed E-state index contributed by atoms with van der Waals surface area (Å²) in [7, 11) is 0. The van der Waals surface area contributed by atoms with E-state index in [1.165, 1.54) is 12.8 Å². The highest BCUT2D eigenvalue weighted by atomic mass is 32.2. The molecule has 1 aliphatic carbocycles. The van der Waals surface area contributed by atoms with E-state index in [9.17, 15) is 0 Å². The molecule has 1 fully saturated rings. The van der Waals surface area contributed by atoms with E-state index in [2.05, 4.69) is 21.8 Å². The molecule has 1 saturated carbocycles. The van der Waals surface area contributed by atoms with Crippen LogP contribution in [-0.4, -0.2) is 31.7 Å². The molecule has 0 aromatic carbocycles. The molecule has 2 rings (SSSR count). The Kier molecular flexibility index (Phi) is 3.81. The maximum Gasteiger partial charge on any atom is 0.167 e. The molecule has 1 atom stereocenters. The lowest BCUT2D eigenvalue weighted by Gasteiger charge is -2.28. The summed E-state index contributed by atoms with van der Waals surface area (Å²) in [5.41, 5.74) is 5.85. The fourth-order valence-electron chi connectivity index (χ4n) is 2.29. The van der Waals surface area contributed by atoms with Gasteiger partial charge in [-0.05, 0) is 49.3 Å². The Morgan fingerprint density at radius 2 is 2.06 bits per heavy atom. The molecular weight excluding hydrogens is 222 g/mol. The zero-order valence-electron chi connectivity index (χ0n) is 9.83. The lowest BCUT2D eigenvalue weighted by Crippen LogP contribution is -2.24. The first-order valence-corrected chi connectivity index (χ1v) is 7.07. The van der Waals surface area contributed by atoms with Crippen molar-refractivity contribution in [3.63, 3.8) is 0 Å². The number of thioether (sulfide) groups is 1. The monoisotopic (exact) mass is 241 g/mol. The van der Waals surface area contributed by atoms with Gasteiger partial charge in [0.15, 0.2) is 5.82 Å². The highest BCUT2D eigenvalue weighted by Gasteiger charge is 2.25. The van der Waals surface area contributed by atoms with Gasteiger partial charge in [-0.2, -0.15) is 11.8 Å². The molecule has 1 aliphatic rings. The third kappa shape index (κ3) is 2.38. The van der Waals surface area contributed by atoms with Crippen molar-refractivity contribution in [1.82, 2.24) is 20.2 Å². The molecule has 1 aromatic heterocycles. The van der Waals surface area contributed by atoms with Crippen molar-refractivity contribution in [3.8, 4) is 0 Å². The molecule has 90 valence electrons. The first kappa shape index (κ1) is 11.9. The third-order valence-electron chi connectivity index (χ3n) is 3.25. The Morgan fingerprint density at radius 1 is 1.38 bits per heavy atom. The van der Waals surface area contributed by atoms with Gasteiger partial charge >= 0.3 is 0 Å². The minimum absolute atomic E-state index is 0.0896. The lowest BCUT2D eigenvalue weighted by atomic mass is 9.95. The van der Waals surface area contributed by atoms with Crippen molar-refractivity contribution >= 4 is 11.8 Å². The smallest absolute Gasteiger partial charge is 0.167 e. The van der Waals surface area contributed by atoms with Gasteiger partial charge < -0.3 is 5.73 Å². The van der Waals surface area contributed by atoms with Gasteiger partial charge in [0, 0.05) is 5.25 Å². The molecule has 0 bridgehead atoms. The van der Waals surface area contributed by atoms with Gasteiger partial charge in [0.05, 0.1) is 12.1 Å². The fourth-order valence-corrected chi connectivity index (χ4v) is 3.03. The SMILES string of the molecule is CSC1CCC(n2nnnc2C(C)N)CC1. The molecule has 1 heterocycles. The molecule has 0 radical (unpaired) electrons. The summed E-state index contributed by atoms with van der Waals surface area (Å²) in [6, 6.07) is 0.354. The van der Waals surface area contributed by atoms with Crippen LogP contribution >= 0.6 is 11.8 Å². The molecule has 16 heavy (non-hydrogen) atoms. The highest BCUT2D eigenvalue weighted by Crippen LogP contribution is 2.33. The standard InChI is InChI=1S/C10H19N5S/c1-7(11)10-12-13-14-15(10)8-3-5-9(16-2)6-4-8/h7-9H,3-6,11H2,1-2H3. The van der Waals surface area contributed by atoms with Gasteiger partial charge in [-0.1, -0.05) is 0 Å². The summed E-state index contributed by atoms with van der Waals surface area (Å²) in [4.78, 5) is 0. The number of aromatic nitrogens is 4. The van der Waals surface area contributed by atoms with E-state index in [0.29, 0.717) is 6.04 Å². The molecule has 0 amide bonds. The van der Waals surface area contributed by atoms with Gasteiger partial charge in [-0.3, -0.25) is 0 Å². The van der Waals surface area contributed by atoms with E-state index in [4.69, 9.17) is 5.73 Å². The van der Waals surface area contributed by atoms with E-state index in [1.54, 1.807) is 0 Å². The fraction of sp³-hybridized carbons (Fsp3) is 0.900. The van der Waals surface area contributed by atoms with Crippen LogP contribution in [0.5, 0.6) is 0 Å². The van der Waals surface area contributed by atoms with E-state index in [1.807, 2.05) is 23.4 Å². The number of rotatable bonds is 3. The van der Waals surface area contributed by atoms with Crippen LogP contribution < -0.4 is 5.73 Å². The van der Waals surface area contributed by atoms with Crippen molar-refractivity contribution < 1.29 is 0 Å². The maximum absolute atomic E-state index is 5.85. The second-order valence-corrected chi connectivity index (χ2v) is 5.57. The van der Waals surface area contributed by atoms with Crippen molar-refractivity contribution in [2.24, 2.45) is 5.73 Å². The summed E-state index contributed by atoms with van der Waals surface area (Å²) in [6.45, 7) is 1.93. The summed E-state index contributed by atoms with van der Waals surface area (Å²) < 4.78 is 1.93. The molecular formula is C10H19N5S. The Bertz CT molecular complexity index is 330. The quantitative estimate of drug-likeness (QED) is 0.869. The summed E-state index contributed by atoms with van der Waals surface area (Å²) in [5.74, 6) is 0.813. The lowest BCUT2D eigenvalue weighted by molar-refractivity contribution is 0.318. The Labute approximate surface area is 100 Å². The van der Waals surface area contributed by atoms with Gasteiger partial charge in [-0.25, -0.2) is 4.68 Å². The highest BCUT2D eigenvalue weighted by molar-refractivity contribution is 7.99. The first-order chi connectivity index (χ1) is 7.72. The molecule has 6 heteroatoms. The van der Waals surface area contributed by atoms with Crippen LogP contribution in [0.2, 0.25) is 0 Å². The Morgan fingerprint density at radius 3 is 2.62 bits per heavy atom. The molecule has 1 unspecified atom stereocenters. The predicted molar refractivity (Wildman–Crippen MR) is 65.2 cm³/mol. The third-order valence-corrected chi connectivity index (χ3v) is 4.39. The topological polar surface area (TPSA) is 69.6 Å². The second kappa shape index (κ2) is 5.14. The van der Waals surface area contributed by atoms with Crippen LogP contribution in [0.25, 0.3) is 0 Å². The largest absolute Gasteiger partial charge is 0.322 e. The summed E-state index contributed by atoms with van der Waals surface area (Å²) in [6.07, 6.45) is 7.02. The predicted octanol–water partition coefficient (Wildman–Crippen LogP) is 1.54. The van der Waals surface area contributed by atoms with Crippen LogP contribution in [0.4, 0.5) is 0 Å². The zero-order chi connectivity index (χ0) is 11.5. The molecule has 1 aromatic rings. The maximum atomic E-state index is 5.85. The average molecular weight is 241 g/mol. The van der Waals surface area contributed by atoms with E-state index < -0.39 is 0 Å². The molecule has 0 saturated heterocycles. The minimum atomic E-state index is -0.0896. The molecule has 0 spiro atoms.